The van der Waals surface area contributed by atoms with Crippen LogP contribution < -0.4 is 0 Å². The molecule has 0 unspecified atom stereocenters. The molecule has 0 spiro atoms. The van der Waals surface area contributed by atoms with Crippen LogP contribution in [-0.2, 0) is 0 Å². The van der Waals surface area contributed by atoms with E-state index in [1.54, 1.807) is 6.20 Å². The highest BCUT2D eigenvalue weighted by Crippen LogP contribution is 2.23. The van der Waals surface area contributed by atoms with Crippen LogP contribution in [0.3, 0.4) is 0 Å². The van der Waals surface area contributed by atoms with Crippen molar-refractivity contribution in [3.05, 3.63) is 30.1 Å². The summed E-state index contributed by atoms with van der Waals surface area (Å²) in [7, 11) is 1.91. The molecule has 1 aliphatic carbocycles. The third-order valence-electron chi connectivity index (χ3n) is 4.06. The van der Waals surface area contributed by atoms with Crippen LogP contribution in [0.5, 0.6) is 0 Å². The Balaban J connectivity index is 1.82. The Morgan fingerprint density at radius 3 is 2.89 bits per heavy atom. The largest absolute Gasteiger partial charge is 0.349 e. The molecule has 1 amide bonds. The van der Waals surface area contributed by atoms with E-state index < -0.39 is 0 Å². The van der Waals surface area contributed by atoms with Gasteiger partial charge in [0.05, 0.1) is 11.0 Å². The number of rotatable bonds is 2. The van der Waals surface area contributed by atoms with E-state index in [0.29, 0.717) is 11.7 Å². The first-order valence-corrected chi connectivity index (χ1v) is 6.96. The minimum atomic E-state index is 0.0740. The molecule has 2 heterocycles. The lowest BCUT2D eigenvalue weighted by Crippen LogP contribution is -2.38. The number of hydrogen-bond acceptors (Lipinski definition) is 2. The minimum absolute atomic E-state index is 0.0740. The van der Waals surface area contributed by atoms with Crippen LogP contribution in [0.1, 0.15) is 42.6 Å². The molecule has 0 bridgehead atoms. The fraction of sp³-hybridized carbons (Fsp3) is 0.467. The molecule has 1 saturated carbocycles. The van der Waals surface area contributed by atoms with Crippen LogP contribution in [-0.4, -0.2) is 33.9 Å². The zero-order valence-corrected chi connectivity index (χ0v) is 11.2. The number of nitrogens with zero attached hydrogens (tertiary/aromatic N) is 2. The van der Waals surface area contributed by atoms with E-state index >= 15 is 0 Å². The van der Waals surface area contributed by atoms with E-state index in [1.807, 2.05) is 30.1 Å². The molecule has 1 fully saturated rings. The number of carbonyl (C=O) groups is 1. The minimum Gasteiger partial charge on any atom is -0.349 e. The predicted molar refractivity (Wildman–Crippen MR) is 75.1 cm³/mol. The van der Waals surface area contributed by atoms with Crippen molar-refractivity contribution < 1.29 is 4.79 Å². The fourth-order valence-electron chi connectivity index (χ4n) is 2.90. The Kier molecular flexibility index (Phi) is 3.23. The molecule has 100 valence electrons. The second kappa shape index (κ2) is 5.03. The maximum atomic E-state index is 12.5. The van der Waals surface area contributed by atoms with E-state index in [4.69, 9.17) is 0 Å². The van der Waals surface area contributed by atoms with Gasteiger partial charge in [0.15, 0.2) is 0 Å². The summed E-state index contributed by atoms with van der Waals surface area (Å²) < 4.78 is 0. The Morgan fingerprint density at radius 2 is 2.16 bits per heavy atom. The monoisotopic (exact) mass is 257 g/mol. The second-order valence-electron chi connectivity index (χ2n) is 5.33. The number of carbonyl (C=O) groups excluding carboxylic acids is 1. The number of amides is 1. The molecule has 0 aromatic carbocycles. The van der Waals surface area contributed by atoms with Crippen molar-refractivity contribution in [2.45, 2.75) is 38.1 Å². The topological polar surface area (TPSA) is 49.0 Å². The van der Waals surface area contributed by atoms with Crippen molar-refractivity contribution in [1.29, 1.82) is 0 Å². The van der Waals surface area contributed by atoms with Gasteiger partial charge >= 0.3 is 0 Å². The summed E-state index contributed by atoms with van der Waals surface area (Å²) in [4.78, 5) is 21.8. The summed E-state index contributed by atoms with van der Waals surface area (Å²) >= 11 is 0. The Labute approximate surface area is 112 Å². The van der Waals surface area contributed by atoms with E-state index in [-0.39, 0.29) is 5.91 Å². The molecule has 1 N–H and O–H groups in total. The SMILES string of the molecule is CN(C(=O)c1cc2ncccc2[nH]1)C1CCCCC1. The normalized spacial score (nSPS) is 16.7. The first kappa shape index (κ1) is 12.2. The Bertz CT molecular complexity index is 551. The van der Waals surface area contributed by atoms with Gasteiger partial charge in [-0.3, -0.25) is 9.78 Å². The first-order chi connectivity index (χ1) is 9.25. The molecular weight excluding hydrogens is 238 g/mol. The van der Waals surface area contributed by atoms with E-state index in [2.05, 4.69) is 9.97 Å². The van der Waals surface area contributed by atoms with Crippen LogP contribution in [0.15, 0.2) is 24.4 Å². The molecule has 3 rings (SSSR count). The van der Waals surface area contributed by atoms with Crippen LogP contribution in [0.4, 0.5) is 0 Å². The van der Waals surface area contributed by atoms with Gasteiger partial charge in [-0.15, -0.1) is 0 Å². The van der Waals surface area contributed by atoms with Crippen molar-refractivity contribution in [1.82, 2.24) is 14.9 Å². The molecule has 19 heavy (non-hydrogen) atoms. The Morgan fingerprint density at radius 1 is 1.37 bits per heavy atom. The van der Waals surface area contributed by atoms with E-state index in [1.165, 1.54) is 19.3 Å². The van der Waals surface area contributed by atoms with Crippen molar-refractivity contribution in [3.8, 4) is 0 Å². The van der Waals surface area contributed by atoms with Crippen LogP contribution in [0.2, 0.25) is 0 Å². The molecule has 0 saturated heterocycles. The van der Waals surface area contributed by atoms with Gasteiger partial charge in [0, 0.05) is 19.3 Å². The Hall–Kier alpha value is -1.84. The number of nitrogens with one attached hydrogen (secondary N) is 1. The highest BCUT2D eigenvalue weighted by Gasteiger charge is 2.23. The standard InChI is InChI=1S/C15H19N3O/c1-18(11-6-3-2-4-7-11)15(19)14-10-13-12(17-14)8-5-9-16-13/h5,8-11,17H,2-4,6-7H2,1H3. The van der Waals surface area contributed by atoms with Crippen molar-refractivity contribution >= 4 is 16.9 Å². The maximum absolute atomic E-state index is 12.5. The van der Waals surface area contributed by atoms with Gasteiger partial charge in [0.1, 0.15) is 5.69 Å². The quantitative estimate of drug-likeness (QED) is 0.899. The average molecular weight is 257 g/mol. The molecule has 0 atom stereocenters. The van der Waals surface area contributed by atoms with E-state index in [0.717, 1.165) is 23.9 Å². The number of hydrogen-bond donors (Lipinski definition) is 1. The first-order valence-electron chi connectivity index (χ1n) is 6.96. The third kappa shape index (κ3) is 2.35. The summed E-state index contributed by atoms with van der Waals surface area (Å²) in [6, 6.07) is 6.05. The summed E-state index contributed by atoms with van der Waals surface area (Å²) in [6.45, 7) is 0. The molecule has 0 radical (unpaired) electrons. The molecule has 4 heteroatoms. The summed E-state index contributed by atoms with van der Waals surface area (Å²) in [5, 5.41) is 0. The van der Waals surface area contributed by atoms with E-state index in [9.17, 15) is 4.79 Å². The number of pyridine rings is 1. The average Bonchev–Trinajstić information content (AvgIpc) is 2.90. The van der Waals surface area contributed by atoms with Gasteiger partial charge in [0.2, 0.25) is 0 Å². The van der Waals surface area contributed by atoms with Gasteiger partial charge < -0.3 is 9.88 Å². The molecular formula is C15H19N3O. The van der Waals surface area contributed by atoms with Crippen LogP contribution >= 0.6 is 0 Å². The molecule has 1 aliphatic rings. The van der Waals surface area contributed by atoms with Crippen LogP contribution in [0, 0.1) is 0 Å². The van der Waals surface area contributed by atoms with Crippen LogP contribution in [0.25, 0.3) is 11.0 Å². The molecule has 2 aromatic rings. The van der Waals surface area contributed by atoms with Gasteiger partial charge in [-0.1, -0.05) is 19.3 Å². The molecule has 2 aromatic heterocycles. The van der Waals surface area contributed by atoms with Crippen molar-refractivity contribution in [2.24, 2.45) is 0 Å². The lowest BCUT2D eigenvalue weighted by molar-refractivity contribution is 0.0691. The van der Waals surface area contributed by atoms with Crippen molar-refractivity contribution in [3.63, 3.8) is 0 Å². The fourth-order valence-corrected chi connectivity index (χ4v) is 2.90. The zero-order chi connectivity index (χ0) is 13.2. The maximum Gasteiger partial charge on any atom is 0.270 e. The molecule has 0 aliphatic heterocycles. The summed E-state index contributed by atoms with van der Waals surface area (Å²) in [5.41, 5.74) is 2.41. The second-order valence-corrected chi connectivity index (χ2v) is 5.33. The zero-order valence-electron chi connectivity index (χ0n) is 11.2. The summed E-state index contributed by atoms with van der Waals surface area (Å²) in [5.74, 6) is 0.0740. The van der Waals surface area contributed by atoms with Gasteiger partial charge in [-0.25, -0.2) is 0 Å². The van der Waals surface area contributed by atoms with Gasteiger partial charge in [0.25, 0.3) is 5.91 Å². The summed E-state index contributed by atoms with van der Waals surface area (Å²) in [6.07, 6.45) is 7.76. The lowest BCUT2D eigenvalue weighted by atomic mass is 9.94. The lowest BCUT2D eigenvalue weighted by Gasteiger charge is -2.30. The highest BCUT2D eigenvalue weighted by atomic mass is 16.2. The number of aromatic amines is 1. The number of fused-ring (bicyclic) bond motifs is 1. The highest BCUT2D eigenvalue weighted by molar-refractivity contribution is 5.97. The van der Waals surface area contributed by atoms with Gasteiger partial charge in [-0.05, 0) is 31.0 Å². The third-order valence-corrected chi connectivity index (χ3v) is 4.06. The van der Waals surface area contributed by atoms with Crippen molar-refractivity contribution in [2.75, 3.05) is 7.05 Å². The smallest absolute Gasteiger partial charge is 0.270 e. The number of H-pyrrole nitrogens is 1. The number of aromatic nitrogens is 2. The van der Waals surface area contributed by atoms with Gasteiger partial charge in [-0.2, -0.15) is 0 Å². The molecule has 4 nitrogen and oxygen atoms in total. The predicted octanol–water partition coefficient (Wildman–Crippen LogP) is 2.97.